The van der Waals surface area contributed by atoms with Gasteiger partial charge in [-0.2, -0.15) is 0 Å². The Labute approximate surface area is 176 Å². The number of likely N-dealkylation sites (tertiary alicyclic amines) is 1. The monoisotopic (exact) mass is 416 g/mol. The van der Waals surface area contributed by atoms with Gasteiger partial charge in [0.25, 0.3) is 5.91 Å². The molecule has 2 amide bonds. The van der Waals surface area contributed by atoms with E-state index < -0.39 is 5.97 Å². The van der Waals surface area contributed by atoms with Crippen LogP contribution in [0.3, 0.4) is 0 Å². The molecule has 0 aromatic heterocycles. The summed E-state index contributed by atoms with van der Waals surface area (Å²) in [4.78, 5) is 52.5. The lowest BCUT2D eigenvalue weighted by atomic mass is 10.0. The number of hydrogen-bond donors (Lipinski definition) is 0. The van der Waals surface area contributed by atoms with Crippen LogP contribution in [0.1, 0.15) is 55.8 Å². The average molecular weight is 416 g/mol. The quantitative estimate of drug-likeness (QED) is 0.500. The minimum absolute atomic E-state index is 0.00362. The highest BCUT2D eigenvalue weighted by molar-refractivity contribution is 6.04. The van der Waals surface area contributed by atoms with Gasteiger partial charge in [-0.25, -0.2) is 0 Å². The molecule has 1 aromatic rings. The van der Waals surface area contributed by atoms with Gasteiger partial charge in [0.1, 0.15) is 12.3 Å². The van der Waals surface area contributed by atoms with Crippen LogP contribution >= 0.6 is 0 Å². The number of carbonyl (C=O) groups is 4. The molecule has 0 radical (unpaired) electrons. The second-order valence-corrected chi connectivity index (χ2v) is 7.47. The summed E-state index contributed by atoms with van der Waals surface area (Å²) in [5.41, 5.74) is 0.778. The van der Waals surface area contributed by atoms with E-state index in [2.05, 4.69) is 0 Å². The van der Waals surface area contributed by atoms with Crippen LogP contribution in [0.2, 0.25) is 0 Å². The number of benzene rings is 1. The van der Waals surface area contributed by atoms with Gasteiger partial charge in [-0.05, 0) is 38.0 Å². The molecule has 0 bridgehead atoms. The molecule has 2 aliphatic heterocycles. The summed E-state index contributed by atoms with van der Waals surface area (Å²) in [5, 5.41) is 0. The van der Waals surface area contributed by atoms with Gasteiger partial charge in [0, 0.05) is 25.1 Å². The van der Waals surface area contributed by atoms with Crippen molar-refractivity contribution < 1.29 is 28.7 Å². The Balaban J connectivity index is 1.73. The normalized spacial score (nSPS) is 16.4. The molecule has 162 valence electrons. The van der Waals surface area contributed by atoms with Crippen molar-refractivity contribution in [1.29, 1.82) is 0 Å². The molecule has 1 saturated heterocycles. The Morgan fingerprint density at radius 3 is 2.50 bits per heavy atom. The minimum Gasteiger partial charge on any atom is -0.482 e. The number of fused-ring (bicyclic) bond motifs is 1. The van der Waals surface area contributed by atoms with Gasteiger partial charge in [0.05, 0.1) is 18.7 Å². The van der Waals surface area contributed by atoms with Crippen LogP contribution in [0, 0.1) is 0 Å². The number of anilines is 1. The second-order valence-electron chi connectivity index (χ2n) is 7.47. The van der Waals surface area contributed by atoms with E-state index in [1.165, 1.54) is 4.90 Å². The predicted molar refractivity (Wildman–Crippen MR) is 110 cm³/mol. The van der Waals surface area contributed by atoms with E-state index in [-0.39, 0.29) is 50.2 Å². The third-order valence-electron chi connectivity index (χ3n) is 5.34. The number of nitrogens with zero attached hydrogens (tertiary/aromatic N) is 2. The standard InChI is InChI=1S/C22H28N2O6/c1-2-29-22(28)10-8-18(25)16-7-9-19-17(13-16)24(21(27)15-30-19)14-20(26)23-11-5-3-4-6-12-23/h7,9,13H,2-6,8,10-12,14-15H2,1H3. The van der Waals surface area contributed by atoms with Crippen LogP contribution in [0.4, 0.5) is 5.69 Å². The maximum absolute atomic E-state index is 12.8. The van der Waals surface area contributed by atoms with Crippen molar-refractivity contribution in [3.63, 3.8) is 0 Å². The number of carbonyl (C=O) groups excluding carboxylic acids is 4. The van der Waals surface area contributed by atoms with Gasteiger partial charge >= 0.3 is 5.97 Å². The molecule has 1 aromatic carbocycles. The number of rotatable bonds is 7. The van der Waals surface area contributed by atoms with E-state index in [4.69, 9.17) is 9.47 Å². The van der Waals surface area contributed by atoms with E-state index in [1.807, 2.05) is 4.90 Å². The lowest BCUT2D eigenvalue weighted by Gasteiger charge is -2.31. The van der Waals surface area contributed by atoms with E-state index in [1.54, 1.807) is 25.1 Å². The van der Waals surface area contributed by atoms with Crippen molar-refractivity contribution in [1.82, 2.24) is 4.90 Å². The molecule has 0 saturated carbocycles. The summed E-state index contributed by atoms with van der Waals surface area (Å²) in [6.45, 7) is 3.17. The van der Waals surface area contributed by atoms with Gasteiger partial charge in [-0.1, -0.05) is 12.8 Å². The minimum atomic E-state index is -0.424. The topological polar surface area (TPSA) is 93.2 Å². The molecule has 0 unspecified atom stereocenters. The Bertz CT molecular complexity index is 814. The van der Waals surface area contributed by atoms with E-state index in [9.17, 15) is 19.2 Å². The first-order valence-corrected chi connectivity index (χ1v) is 10.5. The van der Waals surface area contributed by atoms with Crippen molar-refractivity contribution in [3.8, 4) is 5.75 Å². The van der Waals surface area contributed by atoms with Crippen molar-refractivity contribution in [2.24, 2.45) is 0 Å². The highest BCUT2D eigenvalue weighted by Gasteiger charge is 2.30. The molecule has 3 rings (SSSR count). The predicted octanol–water partition coefficient (Wildman–Crippen LogP) is 2.34. The maximum Gasteiger partial charge on any atom is 0.306 e. The third kappa shape index (κ3) is 5.37. The van der Waals surface area contributed by atoms with Crippen LogP contribution in [0.5, 0.6) is 5.75 Å². The van der Waals surface area contributed by atoms with Crippen molar-refractivity contribution in [2.45, 2.75) is 45.4 Å². The third-order valence-corrected chi connectivity index (χ3v) is 5.34. The first-order valence-electron chi connectivity index (χ1n) is 10.5. The number of ether oxygens (including phenoxy) is 2. The highest BCUT2D eigenvalue weighted by atomic mass is 16.5. The molecule has 2 aliphatic rings. The summed E-state index contributed by atoms with van der Waals surface area (Å²) in [7, 11) is 0. The average Bonchev–Trinajstić information content (AvgIpc) is 3.03. The fraction of sp³-hybridized carbons (Fsp3) is 0.545. The summed E-state index contributed by atoms with van der Waals surface area (Å²) < 4.78 is 10.3. The Morgan fingerprint density at radius 1 is 1.07 bits per heavy atom. The van der Waals surface area contributed by atoms with Gasteiger partial charge in [-0.15, -0.1) is 0 Å². The Hall–Kier alpha value is -2.90. The van der Waals surface area contributed by atoms with Crippen LogP contribution in [0.25, 0.3) is 0 Å². The molecular weight excluding hydrogens is 388 g/mol. The molecular formula is C22H28N2O6. The van der Waals surface area contributed by atoms with Crippen molar-refractivity contribution in [2.75, 3.05) is 37.7 Å². The van der Waals surface area contributed by atoms with Crippen LogP contribution in [0.15, 0.2) is 18.2 Å². The summed E-state index contributed by atoms with van der Waals surface area (Å²) >= 11 is 0. The lowest BCUT2D eigenvalue weighted by molar-refractivity contribution is -0.143. The molecule has 1 fully saturated rings. The maximum atomic E-state index is 12.8. The van der Waals surface area contributed by atoms with Crippen LogP contribution < -0.4 is 9.64 Å². The van der Waals surface area contributed by atoms with E-state index in [0.29, 0.717) is 30.1 Å². The SMILES string of the molecule is CCOC(=O)CCC(=O)c1ccc2c(c1)N(CC(=O)N1CCCCCC1)C(=O)CO2. The fourth-order valence-corrected chi connectivity index (χ4v) is 3.70. The largest absolute Gasteiger partial charge is 0.482 e. The number of hydrogen-bond acceptors (Lipinski definition) is 6. The number of esters is 1. The smallest absolute Gasteiger partial charge is 0.306 e. The Morgan fingerprint density at radius 2 is 1.80 bits per heavy atom. The highest BCUT2D eigenvalue weighted by Crippen LogP contribution is 2.33. The summed E-state index contributed by atoms with van der Waals surface area (Å²) in [5.74, 6) is -0.617. The van der Waals surface area contributed by atoms with Crippen LogP contribution in [-0.2, 0) is 19.1 Å². The van der Waals surface area contributed by atoms with Gasteiger partial charge < -0.3 is 14.4 Å². The zero-order valence-electron chi connectivity index (χ0n) is 17.4. The molecule has 0 atom stereocenters. The molecule has 0 N–H and O–H groups in total. The van der Waals surface area contributed by atoms with Gasteiger partial charge in [0.15, 0.2) is 12.4 Å². The Kier molecular flexibility index (Phi) is 7.43. The molecule has 0 spiro atoms. The number of Topliss-reactive ketones (excluding diaryl/α,β-unsaturated/α-hetero) is 1. The van der Waals surface area contributed by atoms with E-state index in [0.717, 1.165) is 25.7 Å². The van der Waals surface area contributed by atoms with Gasteiger partial charge in [0.2, 0.25) is 5.91 Å². The first-order chi connectivity index (χ1) is 14.5. The fourth-order valence-electron chi connectivity index (χ4n) is 3.70. The van der Waals surface area contributed by atoms with Gasteiger partial charge in [-0.3, -0.25) is 24.1 Å². The molecule has 30 heavy (non-hydrogen) atoms. The molecule has 2 heterocycles. The zero-order valence-corrected chi connectivity index (χ0v) is 17.4. The van der Waals surface area contributed by atoms with E-state index >= 15 is 0 Å². The summed E-state index contributed by atoms with van der Waals surface area (Å²) in [6.07, 6.45) is 4.17. The van der Waals surface area contributed by atoms with Crippen molar-refractivity contribution in [3.05, 3.63) is 23.8 Å². The second kappa shape index (κ2) is 10.2. The molecule has 8 nitrogen and oxygen atoms in total. The zero-order chi connectivity index (χ0) is 21.5. The summed E-state index contributed by atoms with van der Waals surface area (Å²) in [6, 6.07) is 4.80. The van der Waals surface area contributed by atoms with Crippen LogP contribution in [-0.4, -0.2) is 61.3 Å². The number of ketones is 1. The molecule has 0 aliphatic carbocycles. The number of amides is 2. The molecule has 8 heteroatoms. The first kappa shape index (κ1) is 21.8. The van der Waals surface area contributed by atoms with Crippen molar-refractivity contribution >= 4 is 29.3 Å². The lowest BCUT2D eigenvalue weighted by Crippen LogP contribution is -2.46.